The molecule has 0 saturated heterocycles. The zero-order valence-corrected chi connectivity index (χ0v) is 19.4. The molecule has 3 rings (SSSR count). The standard InChI is InChI=1S/C26H38O4/c1-15-11-17(3)19(5)23(13-15)29-25(27)21-9-7-8-10-22(21)26(28)30-24-14-16(2)12-18(4)20(24)6/h7-10,15-20,23-24H,11-14H2,1-6H3. The van der Waals surface area contributed by atoms with Crippen LogP contribution in [0.2, 0.25) is 0 Å². The van der Waals surface area contributed by atoms with Crippen LogP contribution in [-0.2, 0) is 9.47 Å². The second-order valence-corrected chi connectivity index (χ2v) is 10.3. The summed E-state index contributed by atoms with van der Waals surface area (Å²) in [7, 11) is 0. The van der Waals surface area contributed by atoms with Gasteiger partial charge in [0.2, 0.25) is 0 Å². The van der Waals surface area contributed by atoms with Crippen molar-refractivity contribution in [1.82, 2.24) is 0 Å². The van der Waals surface area contributed by atoms with Crippen LogP contribution in [0.4, 0.5) is 0 Å². The van der Waals surface area contributed by atoms with Crippen molar-refractivity contribution >= 4 is 11.9 Å². The number of carbonyl (C=O) groups is 2. The van der Waals surface area contributed by atoms with Crippen LogP contribution in [0.15, 0.2) is 24.3 Å². The summed E-state index contributed by atoms with van der Waals surface area (Å²) in [5.41, 5.74) is 0.621. The summed E-state index contributed by atoms with van der Waals surface area (Å²) < 4.78 is 11.8. The first-order chi connectivity index (χ1) is 14.2. The molecule has 8 unspecified atom stereocenters. The molecule has 4 heteroatoms. The molecule has 2 aliphatic carbocycles. The van der Waals surface area contributed by atoms with Crippen LogP contribution in [-0.4, -0.2) is 24.1 Å². The summed E-state index contributed by atoms with van der Waals surface area (Å²) >= 11 is 0. The lowest BCUT2D eigenvalue weighted by molar-refractivity contribution is -0.0209. The molecule has 0 N–H and O–H groups in total. The molecule has 4 nitrogen and oxygen atoms in total. The Labute approximate surface area is 181 Å². The maximum atomic E-state index is 13.0. The monoisotopic (exact) mass is 414 g/mol. The third-order valence-electron chi connectivity index (χ3n) is 7.67. The topological polar surface area (TPSA) is 52.6 Å². The van der Waals surface area contributed by atoms with Crippen molar-refractivity contribution in [2.75, 3.05) is 0 Å². The lowest BCUT2D eigenvalue weighted by Gasteiger charge is -2.37. The van der Waals surface area contributed by atoms with Crippen molar-refractivity contribution < 1.29 is 19.1 Å². The Balaban J connectivity index is 1.73. The highest BCUT2D eigenvalue weighted by Crippen LogP contribution is 2.37. The highest BCUT2D eigenvalue weighted by atomic mass is 16.6. The average Bonchev–Trinajstić information content (AvgIpc) is 2.69. The van der Waals surface area contributed by atoms with Crippen LogP contribution in [0, 0.1) is 35.5 Å². The molecular weight excluding hydrogens is 376 g/mol. The molecule has 166 valence electrons. The molecule has 0 bridgehead atoms. The number of ether oxygens (including phenoxy) is 2. The summed E-state index contributed by atoms with van der Waals surface area (Å²) in [5.74, 6) is 1.90. The quantitative estimate of drug-likeness (QED) is 0.555. The van der Waals surface area contributed by atoms with Crippen molar-refractivity contribution in [3.63, 3.8) is 0 Å². The summed E-state index contributed by atoms with van der Waals surface area (Å²) in [6.07, 6.45) is 3.85. The maximum absolute atomic E-state index is 13.0. The Bertz CT molecular complexity index is 694. The smallest absolute Gasteiger partial charge is 0.339 e. The normalized spacial score (nSPS) is 36.7. The molecule has 2 fully saturated rings. The van der Waals surface area contributed by atoms with Crippen LogP contribution in [0.3, 0.4) is 0 Å². The van der Waals surface area contributed by atoms with Crippen LogP contribution >= 0.6 is 0 Å². The molecule has 0 amide bonds. The van der Waals surface area contributed by atoms with E-state index in [0.717, 1.165) is 25.7 Å². The van der Waals surface area contributed by atoms with E-state index in [-0.39, 0.29) is 12.2 Å². The van der Waals surface area contributed by atoms with Gasteiger partial charge in [0.05, 0.1) is 11.1 Å². The molecule has 1 aromatic carbocycles. The van der Waals surface area contributed by atoms with Gasteiger partial charge in [0.15, 0.2) is 0 Å². The SMILES string of the molecule is CC1CC(C)C(C)C(OC(=O)c2ccccc2C(=O)OC2CC(C)CC(C)C2C)C1. The number of hydrogen-bond acceptors (Lipinski definition) is 4. The second kappa shape index (κ2) is 9.53. The van der Waals surface area contributed by atoms with Crippen LogP contribution in [0.25, 0.3) is 0 Å². The predicted octanol–water partition coefficient (Wildman–Crippen LogP) is 6.14. The van der Waals surface area contributed by atoms with E-state index in [1.54, 1.807) is 24.3 Å². The lowest BCUT2D eigenvalue weighted by atomic mass is 9.74. The fourth-order valence-electron chi connectivity index (χ4n) is 5.40. The van der Waals surface area contributed by atoms with E-state index in [0.29, 0.717) is 46.6 Å². The molecule has 0 aliphatic heterocycles. The molecule has 1 aromatic rings. The van der Waals surface area contributed by atoms with Gasteiger partial charge in [-0.2, -0.15) is 0 Å². The van der Waals surface area contributed by atoms with E-state index in [4.69, 9.17) is 9.47 Å². The number of benzene rings is 1. The van der Waals surface area contributed by atoms with Gasteiger partial charge < -0.3 is 9.47 Å². The van der Waals surface area contributed by atoms with E-state index in [1.165, 1.54) is 0 Å². The number of rotatable bonds is 4. The van der Waals surface area contributed by atoms with E-state index in [9.17, 15) is 9.59 Å². The second-order valence-electron chi connectivity index (χ2n) is 10.3. The molecule has 2 aliphatic rings. The minimum Gasteiger partial charge on any atom is -0.458 e. The molecule has 8 atom stereocenters. The fourth-order valence-corrected chi connectivity index (χ4v) is 5.40. The molecule has 0 spiro atoms. The molecule has 30 heavy (non-hydrogen) atoms. The Morgan fingerprint density at radius 3 is 1.40 bits per heavy atom. The molecular formula is C26H38O4. The van der Waals surface area contributed by atoms with Gasteiger partial charge in [0.25, 0.3) is 0 Å². The highest BCUT2D eigenvalue weighted by Gasteiger charge is 2.36. The van der Waals surface area contributed by atoms with Crippen molar-refractivity contribution in [2.24, 2.45) is 35.5 Å². The number of hydrogen-bond donors (Lipinski definition) is 0. The summed E-state index contributed by atoms with van der Waals surface area (Å²) in [5, 5.41) is 0. The van der Waals surface area contributed by atoms with Crippen LogP contribution in [0.5, 0.6) is 0 Å². The van der Waals surface area contributed by atoms with E-state index in [1.807, 2.05) is 0 Å². The minimum absolute atomic E-state index is 0.111. The Morgan fingerprint density at radius 1 is 0.667 bits per heavy atom. The van der Waals surface area contributed by atoms with E-state index in [2.05, 4.69) is 41.5 Å². The van der Waals surface area contributed by atoms with Crippen molar-refractivity contribution in [3.8, 4) is 0 Å². The number of carbonyl (C=O) groups excluding carboxylic acids is 2. The van der Waals surface area contributed by atoms with Crippen molar-refractivity contribution in [2.45, 2.75) is 79.4 Å². The predicted molar refractivity (Wildman–Crippen MR) is 118 cm³/mol. The van der Waals surface area contributed by atoms with Crippen molar-refractivity contribution in [3.05, 3.63) is 35.4 Å². The first-order valence-corrected chi connectivity index (χ1v) is 11.7. The summed E-state index contributed by atoms with van der Waals surface area (Å²) in [6.45, 7) is 13.2. The third kappa shape index (κ3) is 5.07. The average molecular weight is 415 g/mol. The van der Waals surface area contributed by atoms with Gasteiger partial charge in [0, 0.05) is 0 Å². The van der Waals surface area contributed by atoms with Gasteiger partial charge in [-0.1, -0.05) is 53.7 Å². The number of esters is 2. The van der Waals surface area contributed by atoms with Gasteiger partial charge in [-0.3, -0.25) is 0 Å². The Hall–Kier alpha value is -1.84. The zero-order valence-electron chi connectivity index (χ0n) is 19.4. The van der Waals surface area contributed by atoms with E-state index < -0.39 is 11.9 Å². The Kier molecular flexibility index (Phi) is 7.26. The zero-order chi connectivity index (χ0) is 22.0. The third-order valence-corrected chi connectivity index (χ3v) is 7.67. The highest BCUT2D eigenvalue weighted by molar-refractivity contribution is 6.03. The van der Waals surface area contributed by atoms with Gasteiger partial charge >= 0.3 is 11.9 Å². The van der Waals surface area contributed by atoms with Crippen molar-refractivity contribution in [1.29, 1.82) is 0 Å². The summed E-state index contributed by atoms with van der Waals surface area (Å²) in [4.78, 5) is 26.1. The fraction of sp³-hybridized carbons (Fsp3) is 0.692. The molecule has 0 radical (unpaired) electrons. The van der Waals surface area contributed by atoms with Gasteiger partial charge in [-0.05, 0) is 73.3 Å². The van der Waals surface area contributed by atoms with Gasteiger partial charge in [-0.15, -0.1) is 0 Å². The largest absolute Gasteiger partial charge is 0.458 e. The molecule has 0 heterocycles. The lowest BCUT2D eigenvalue weighted by Crippen LogP contribution is -2.37. The van der Waals surface area contributed by atoms with Crippen LogP contribution in [0.1, 0.15) is 87.9 Å². The summed E-state index contributed by atoms with van der Waals surface area (Å²) in [6, 6.07) is 6.90. The molecule has 0 aromatic heterocycles. The Morgan fingerprint density at radius 2 is 1.03 bits per heavy atom. The molecule has 2 saturated carbocycles. The van der Waals surface area contributed by atoms with Gasteiger partial charge in [0.1, 0.15) is 12.2 Å². The van der Waals surface area contributed by atoms with Crippen LogP contribution < -0.4 is 0 Å². The first kappa shape index (κ1) is 22.8. The first-order valence-electron chi connectivity index (χ1n) is 11.7. The van der Waals surface area contributed by atoms with Gasteiger partial charge in [-0.25, -0.2) is 9.59 Å². The van der Waals surface area contributed by atoms with E-state index >= 15 is 0 Å². The maximum Gasteiger partial charge on any atom is 0.339 e. The minimum atomic E-state index is -0.417.